The molecule has 0 aliphatic carbocycles. The van der Waals surface area contributed by atoms with Crippen molar-refractivity contribution in [2.45, 2.75) is 13.5 Å². The Morgan fingerprint density at radius 2 is 1.83 bits per heavy atom. The Kier molecular flexibility index (Phi) is 5.94. The third-order valence-corrected chi connectivity index (χ3v) is 3.32. The van der Waals surface area contributed by atoms with E-state index in [2.05, 4.69) is 5.43 Å². The van der Waals surface area contributed by atoms with E-state index >= 15 is 0 Å². The summed E-state index contributed by atoms with van der Waals surface area (Å²) in [5, 5.41) is 1.52. The Hall–Kier alpha value is -2.60. The summed E-state index contributed by atoms with van der Waals surface area (Å²) in [5.74, 6) is 0.310. The third kappa shape index (κ3) is 5.60. The molecule has 3 N–H and O–H groups in total. The molecule has 0 atom stereocenters. The number of hydrogen-bond donors (Lipinski definition) is 2. The van der Waals surface area contributed by atoms with Crippen molar-refractivity contribution in [3.8, 4) is 5.75 Å². The van der Waals surface area contributed by atoms with Gasteiger partial charge in [0.2, 0.25) is 0 Å². The first-order valence-electron chi connectivity index (χ1n) is 7.14. The van der Waals surface area contributed by atoms with Crippen molar-refractivity contribution in [3.05, 3.63) is 65.7 Å². The topological polar surface area (TPSA) is 67.6 Å². The molecule has 0 radical (unpaired) electrons. The summed E-state index contributed by atoms with van der Waals surface area (Å²) in [6.07, 6.45) is 0. The lowest BCUT2D eigenvalue weighted by Gasteiger charge is -2.23. The Morgan fingerprint density at radius 3 is 2.43 bits per heavy atom. The van der Waals surface area contributed by atoms with Crippen molar-refractivity contribution in [3.63, 3.8) is 0 Å². The van der Waals surface area contributed by atoms with Crippen LogP contribution in [0.4, 0.5) is 0 Å². The summed E-state index contributed by atoms with van der Waals surface area (Å²) < 4.78 is 5.43. The predicted molar refractivity (Wildman–Crippen MR) is 93.6 cm³/mol. The van der Waals surface area contributed by atoms with Crippen LogP contribution in [-0.2, 0) is 11.3 Å². The minimum atomic E-state index is -0.325. The van der Waals surface area contributed by atoms with Crippen LogP contribution in [0.5, 0.6) is 5.75 Å². The maximum atomic E-state index is 12.0. The molecule has 0 fully saturated rings. The summed E-state index contributed by atoms with van der Waals surface area (Å²) >= 11 is 4.97. The van der Waals surface area contributed by atoms with Crippen molar-refractivity contribution in [1.82, 2.24) is 10.4 Å². The molecule has 5 nitrogen and oxygen atoms in total. The number of nitrogens with zero attached hydrogens (tertiary/aromatic N) is 1. The van der Waals surface area contributed by atoms with Crippen LogP contribution < -0.4 is 15.9 Å². The lowest BCUT2D eigenvalue weighted by atomic mass is 10.2. The fourth-order valence-electron chi connectivity index (χ4n) is 1.90. The minimum Gasteiger partial charge on any atom is -0.484 e. The second-order valence-electron chi connectivity index (χ2n) is 5.05. The molecule has 0 aromatic heterocycles. The van der Waals surface area contributed by atoms with Gasteiger partial charge in [0, 0.05) is 0 Å². The number of hydrazine groups is 1. The molecule has 2 aromatic carbocycles. The van der Waals surface area contributed by atoms with E-state index in [1.54, 1.807) is 0 Å². The van der Waals surface area contributed by atoms with Crippen LogP contribution in [0.3, 0.4) is 0 Å². The van der Waals surface area contributed by atoms with Crippen molar-refractivity contribution < 1.29 is 9.53 Å². The van der Waals surface area contributed by atoms with Crippen molar-refractivity contribution in [1.29, 1.82) is 0 Å². The van der Waals surface area contributed by atoms with Gasteiger partial charge in [0.15, 0.2) is 11.7 Å². The highest BCUT2D eigenvalue weighted by Crippen LogP contribution is 2.11. The van der Waals surface area contributed by atoms with Crippen LogP contribution in [0.2, 0.25) is 0 Å². The van der Waals surface area contributed by atoms with Crippen molar-refractivity contribution >= 4 is 23.2 Å². The summed E-state index contributed by atoms with van der Waals surface area (Å²) in [6, 6.07) is 17.1. The van der Waals surface area contributed by atoms with Crippen molar-refractivity contribution in [2.75, 3.05) is 6.61 Å². The Bertz CT molecular complexity index is 659. The van der Waals surface area contributed by atoms with Gasteiger partial charge in [0.25, 0.3) is 5.91 Å². The molecule has 120 valence electrons. The molecule has 0 spiro atoms. The highest BCUT2D eigenvalue weighted by Gasteiger charge is 2.12. The molecule has 2 aromatic rings. The zero-order chi connectivity index (χ0) is 16.7. The molecule has 0 saturated carbocycles. The molecule has 1 amide bonds. The molecule has 0 saturated heterocycles. The summed E-state index contributed by atoms with van der Waals surface area (Å²) in [5.41, 5.74) is 10.4. The molecule has 0 aliphatic rings. The van der Waals surface area contributed by atoms with E-state index in [0.717, 1.165) is 11.1 Å². The normalized spacial score (nSPS) is 9.96. The number of nitrogens with two attached hydrogens (primary N) is 1. The Morgan fingerprint density at radius 1 is 1.17 bits per heavy atom. The first-order chi connectivity index (χ1) is 11.0. The zero-order valence-electron chi connectivity index (χ0n) is 12.9. The van der Waals surface area contributed by atoms with E-state index in [-0.39, 0.29) is 17.6 Å². The first kappa shape index (κ1) is 16.8. The number of ether oxygens (including phenoxy) is 1. The number of carbonyl (C=O) groups excluding carboxylic acids is 1. The number of amides is 1. The number of nitrogens with one attached hydrogen (secondary N) is 1. The fourth-order valence-corrected chi connectivity index (χ4v) is 2.01. The van der Waals surface area contributed by atoms with Gasteiger partial charge < -0.3 is 10.5 Å². The number of hydrogen-bond acceptors (Lipinski definition) is 3. The van der Waals surface area contributed by atoms with Gasteiger partial charge in [-0.15, -0.1) is 0 Å². The van der Waals surface area contributed by atoms with Crippen LogP contribution in [0.25, 0.3) is 0 Å². The molecule has 23 heavy (non-hydrogen) atoms. The van der Waals surface area contributed by atoms with Gasteiger partial charge in [-0.25, -0.2) is 0 Å². The van der Waals surface area contributed by atoms with Crippen LogP contribution in [0.15, 0.2) is 54.6 Å². The quantitative estimate of drug-likeness (QED) is 0.650. The van der Waals surface area contributed by atoms with Gasteiger partial charge >= 0.3 is 0 Å². The van der Waals surface area contributed by atoms with Gasteiger partial charge in [-0.1, -0.05) is 48.0 Å². The SMILES string of the molecule is Cc1ccc(OCC(=O)NN(Cc2ccccc2)C(N)=S)cc1. The van der Waals surface area contributed by atoms with E-state index in [0.29, 0.717) is 12.3 Å². The first-order valence-corrected chi connectivity index (χ1v) is 7.55. The maximum absolute atomic E-state index is 12.0. The highest BCUT2D eigenvalue weighted by atomic mass is 32.1. The fraction of sp³-hybridized carbons (Fsp3) is 0.176. The monoisotopic (exact) mass is 329 g/mol. The number of aryl methyl sites for hydroxylation is 1. The van der Waals surface area contributed by atoms with E-state index < -0.39 is 0 Å². The lowest BCUT2D eigenvalue weighted by Crippen LogP contribution is -2.49. The Balaban J connectivity index is 1.88. The Labute approximate surface area is 141 Å². The molecule has 0 heterocycles. The molecule has 0 unspecified atom stereocenters. The van der Waals surface area contributed by atoms with E-state index in [4.69, 9.17) is 22.7 Å². The number of carbonyl (C=O) groups is 1. The van der Waals surface area contributed by atoms with Gasteiger partial charge in [-0.3, -0.25) is 15.2 Å². The zero-order valence-corrected chi connectivity index (χ0v) is 13.7. The van der Waals surface area contributed by atoms with E-state index in [9.17, 15) is 4.79 Å². The molecular weight excluding hydrogens is 310 g/mol. The minimum absolute atomic E-state index is 0.0949. The molecule has 2 rings (SSSR count). The standard InChI is InChI=1S/C17H19N3O2S/c1-13-7-9-15(10-8-13)22-12-16(21)19-20(17(18)23)11-14-5-3-2-4-6-14/h2-10H,11-12H2,1H3,(H2,18,23)(H,19,21). The summed E-state index contributed by atoms with van der Waals surface area (Å²) in [7, 11) is 0. The lowest BCUT2D eigenvalue weighted by molar-refractivity contribution is -0.126. The molecule has 6 heteroatoms. The van der Waals surface area contributed by atoms with Crippen molar-refractivity contribution in [2.24, 2.45) is 5.73 Å². The smallest absolute Gasteiger partial charge is 0.276 e. The maximum Gasteiger partial charge on any atom is 0.276 e. The van der Waals surface area contributed by atoms with Gasteiger partial charge in [0.1, 0.15) is 5.75 Å². The van der Waals surface area contributed by atoms with Crippen LogP contribution in [0, 0.1) is 6.92 Å². The number of rotatable bonds is 5. The van der Waals surface area contributed by atoms with E-state index in [1.807, 2.05) is 61.5 Å². The van der Waals surface area contributed by atoms with Gasteiger partial charge in [-0.05, 0) is 36.8 Å². The average Bonchev–Trinajstić information content (AvgIpc) is 2.54. The molecule has 0 bridgehead atoms. The average molecular weight is 329 g/mol. The highest BCUT2D eigenvalue weighted by molar-refractivity contribution is 7.80. The largest absolute Gasteiger partial charge is 0.484 e. The van der Waals surface area contributed by atoms with Crippen LogP contribution in [-0.4, -0.2) is 22.6 Å². The van der Waals surface area contributed by atoms with Crippen LogP contribution >= 0.6 is 12.2 Å². The second-order valence-corrected chi connectivity index (χ2v) is 5.46. The summed E-state index contributed by atoms with van der Waals surface area (Å²) in [4.78, 5) is 12.0. The molecule has 0 aliphatic heterocycles. The third-order valence-electron chi connectivity index (χ3n) is 3.10. The number of thiocarbonyl (C=S) groups is 1. The summed E-state index contributed by atoms with van der Waals surface area (Å²) in [6.45, 7) is 2.27. The number of benzene rings is 2. The van der Waals surface area contributed by atoms with Gasteiger partial charge in [0.05, 0.1) is 6.54 Å². The van der Waals surface area contributed by atoms with Gasteiger partial charge in [-0.2, -0.15) is 0 Å². The van der Waals surface area contributed by atoms with E-state index in [1.165, 1.54) is 5.01 Å². The second kappa shape index (κ2) is 8.14. The van der Waals surface area contributed by atoms with Crippen LogP contribution in [0.1, 0.15) is 11.1 Å². The predicted octanol–water partition coefficient (Wildman–Crippen LogP) is 2.15. The molecular formula is C17H19N3O2S.